The Bertz CT molecular complexity index is 600. The van der Waals surface area contributed by atoms with Crippen LogP contribution in [0.25, 0.3) is 0 Å². The maximum absolute atomic E-state index is 12.8. The third-order valence-corrected chi connectivity index (χ3v) is 5.67. The standard InChI is InChI=1S/C20H27F3N2O.ClH/c21-20(22,23)17-7-5-16(6-8-17)18-3-1-2-14-25(18)19(26)9-4-15-10-12-24-13-11-15;/h5-8,15,18,24H,1-4,9-14H2;1H. The van der Waals surface area contributed by atoms with Crippen molar-refractivity contribution >= 4 is 18.3 Å². The van der Waals surface area contributed by atoms with Gasteiger partial charge in [-0.05, 0) is 75.2 Å². The second-order valence-electron chi connectivity index (χ2n) is 7.45. The minimum atomic E-state index is -4.32. The van der Waals surface area contributed by atoms with Gasteiger partial charge in [0, 0.05) is 13.0 Å². The first-order chi connectivity index (χ1) is 12.4. The summed E-state index contributed by atoms with van der Waals surface area (Å²) in [5, 5.41) is 3.33. The number of carbonyl (C=O) groups excluding carboxylic acids is 1. The van der Waals surface area contributed by atoms with Gasteiger partial charge in [0.05, 0.1) is 11.6 Å². The molecular formula is C20H28ClF3N2O. The van der Waals surface area contributed by atoms with Gasteiger partial charge in [-0.25, -0.2) is 0 Å². The number of alkyl halides is 3. The van der Waals surface area contributed by atoms with Gasteiger partial charge in [0.25, 0.3) is 0 Å². The SMILES string of the molecule is Cl.O=C(CCC1CCNCC1)N1CCCCC1c1ccc(C(F)(F)F)cc1. The largest absolute Gasteiger partial charge is 0.416 e. The predicted octanol–water partition coefficient (Wildman–Crippen LogP) is 4.96. The number of amides is 1. The molecule has 3 rings (SSSR count). The van der Waals surface area contributed by atoms with Crippen LogP contribution in [0.15, 0.2) is 24.3 Å². The highest BCUT2D eigenvalue weighted by Gasteiger charge is 2.32. The number of piperidine rings is 2. The summed E-state index contributed by atoms with van der Waals surface area (Å²) in [6.07, 6.45) is 2.17. The Morgan fingerprint density at radius 2 is 1.74 bits per heavy atom. The molecule has 27 heavy (non-hydrogen) atoms. The molecular weight excluding hydrogens is 377 g/mol. The molecule has 0 bridgehead atoms. The average molecular weight is 405 g/mol. The first-order valence-corrected chi connectivity index (χ1v) is 9.62. The van der Waals surface area contributed by atoms with Crippen LogP contribution in [0.3, 0.4) is 0 Å². The Morgan fingerprint density at radius 3 is 2.37 bits per heavy atom. The number of hydrogen-bond donors (Lipinski definition) is 1. The van der Waals surface area contributed by atoms with Gasteiger partial charge in [-0.2, -0.15) is 13.2 Å². The molecule has 0 aliphatic carbocycles. The number of hydrogen-bond acceptors (Lipinski definition) is 2. The molecule has 1 N–H and O–H groups in total. The van der Waals surface area contributed by atoms with Crippen LogP contribution in [0.1, 0.15) is 62.1 Å². The lowest BCUT2D eigenvalue weighted by atomic mass is 9.91. The third-order valence-electron chi connectivity index (χ3n) is 5.67. The molecule has 1 amide bonds. The van der Waals surface area contributed by atoms with Gasteiger partial charge in [-0.15, -0.1) is 12.4 Å². The highest BCUT2D eigenvalue weighted by molar-refractivity contribution is 5.85. The van der Waals surface area contributed by atoms with E-state index in [-0.39, 0.29) is 24.4 Å². The summed E-state index contributed by atoms with van der Waals surface area (Å²) >= 11 is 0. The molecule has 2 aliphatic heterocycles. The van der Waals surface area contributed by atoms with Crippen LogP contribution in [-0.4, -0.2) is 30.4 Å². The van der Waals surface area contributed by atoms with E-state index in [2.05, 4.69) is 5.32 Å². The van der Waals surface area contributed by atoms with Gasteiger partial charge < -0.3 is 10.2 Å². The molecule has 1 aromatic rings. The lowest BCUT2D eigenvalue weighted by molar-refractivity contribution is -0.138. The number of nitrogens with one attached hydrogen (secondary N) is 1. The molecule has 0 saturated carbocycles. The molecule has 7 heteroatoms. The molecule has 1 unspecified atom stereocenters. The zero-order chi connectivity index (χ0) is 18.6. The first kappa shape index (κ1) is 22.0. The van der Waals surface area contributed by atoms with Gasteiger partial charge >= 0.3 is 6.18 Å². The monoisotopic (exact) mass is 404 g/mol. The Balaban J connectivity index is 0.00000261. The van der Waals surface area contributed by atoms with Crippen LogP contribution >= 0.6 is 12.4 Å². The maximum Gasteiger partial charge on any atom is 0.416 e. The highest BCUT2D eigenvalue weighted by atomic mass is 35.5. The quantitative estimate of drug-likeness (QED) is 0.769. The topological polar surface area (TPSA) is 32.3 Å². The normalized spacial score (nSPS) is 21.6. The maximum atomic E-state index is 12.8. The molecule has 2 aliphatic rings. The van der Waals surface area contributed by atoms with E-state index in [9.17, 15) is 18.0 Å². The summed E-state index contributed by atoms with van der Waals surface area (Å²) in [5.74, 6) is 0.752. The Labute approximate surface area is 165 Å². The molecule has 3 nitrogen and oxygen atoms in total. The van der Waals surface area contributed by atoms with Crippen molar-refractivity contribution in [2.24, 2.45) is 5.92 Å². The zero-order valence-corrected chi connectivity index (χ0v) is 16.2. The van der Waals surface area contributed by atoms with Crippen LogP contribution in [0.4, 0.5) is 13.2 Å². The second-order valence-corrected chi connectivity index (χ2v) is 7.45. The van der Waals surface area contributed by atoms with E-state index in [1.807, 2.05) is 4.90 Å². The van der Waals surface area contributed by atoms with E-state index in [4.69, 9.17) is 0 Å². The van der Waals surface area contributed by atoms with Crippen LogP contribution in [0.2, 0.25) is 0 Å². The van der Waals surface area contributed by atoms with E-state index in [0.717, 1.165) is 69.3 Å². The summed E-state index contributed by atoms with van der Waals surface area (Å²) in [5.41, 5.74) is 0.175. The van der Waals surface area contributed by atoms with E-state index >= 15 is 0 Å². The van der Waals surface area contributed by atoms with Gasteiger partial charge in [0.2, 0.25) is 5.91 Å². The number of carbonyl (C=O) groups is 1. The molecule has 1 atom stereocenters. The summed E-state index contributed by atoms with van der Waals surface area (Å²) in [6, 6.07) is 5.23. The van der Waals surface area contributed by atoms with Gasteiger partial charge in [0.1, 0.15) is 0 Å². The van der Waals surface area contributed by atoms with E-state index in [1.54, 1.807) is 0 Å². The molecule has 152 valence electrons. The fourth-order valence-corrected chi connectivity index (χ4v) is 4.11. The van der Waals surface area contributed by atoms with Crippen molar-refractivity contribution < 1.29 is 18.0 Å². The predicted molar refractivity (Wildman–Crippen MR) is 102 cm³/mol. The lowest BCUT2D eigenvalue weighted by Gasteiger charge is -2.36. The number of nitrogens with zero attached hydrogens (tertiary/aromatic N) is 1. The molecule has 1 aromatic carbocycles. The fourth-order valence-electron chi connectivity index (χ4n) is 4.11. The van der Waals surface area contributed by atoms with Gasteiger partial charge in [-0.1, -0.05) is 12.1 Å². The average Bonchev–Trinajstić information content (AvgIpc) is 2.66. The van der Waals surface area contributed by atoms with Crippen LogP contribution < -0.4 is 5.32 Å². The Kier molecular flexibility index (Phi) is 7.98. The number of rotatable bonds is 4. The fraction of sp³-hybridized carbons (Fsp3) is 0.650. The number of benzene rings is 1. The Hall–Kier alpha value is -1.27. The lowest BCUT2D eigenvalue weighted by Crippen LogP contribution is -2.39. The summed E-state index contributed by atoms with van der Waals surface area (Å²) in [7, 11) is 0. The summed E-state index contributed by atoms with van der Waals surface area (Å²) in [6.45, 7) is 2.75. The smallest absolute Gasteiger partial charge is 0.336 e. The van der Waals surface area contributed by atoms with Crippen molar-refractivity contribution in [3.63, 3.8) is 0 Å². The number of halogens is 4. The Morgan fingerprint density at radius 1 is 1.07 bits per heavy atom. The molecule has 0 radical (unpaired) electrons. The van der Waals surface area contributed by atoms with Crippen LogP contribution in [0.5, 0.6) is 0 Å². The summed E-state index contributed by atoms with van der Waals surface area (Å²) in [4.78, 5) is 14.7. The van der Waals surface area contributed by atoms with Crippen molar-refractivity contribution in [3.8, 4) is 0 Å². The molecule has 0 aromatic heterocycles. The summed E-state index contributed by atoms with van der Waals surface area (Å²) < 4.78 is 38.3. The minimum absolute atomic E-state index is 0. The second kappa shape index (κ2) is 9.78. The van der Waals surface area contributed by atoms with Crippen molar-refractivity contribution in [2.75, 3.05) is 19.6 Å². The molecule has 2 saturated heterocycles. The van der Waals surface area contributed by atoms with E-state index in [0.29, 0.717) is 18.9 Å². The van der Waals surface area contributed by atoms with Crippen LogP contribution in [0, 0.1) is 5.92 Å². The van der Waals surface area contributed by atoms with E-state index < -0.39 is 11.7 Å². The third kappa shape index (κ3) is 5.85. The molecule has 2 heterocycles. The minimum Gasteiger partial charge on any atom is -0.336 e. The first-order valence-electron chi connectivity index (χ1n) is 9.62. The number of likely N-dealkylation sites (tertiary alicyclic amines) is 1. The van der Waals surface area contributed by atoms with Gasteiger partial charge in [0.15, 0.2) is 0 Å². The highest BCUT2D eigenvalue weighted by Crippen LogP contribution is 2.35. The molecule has 0 spiro atoms. The van der Waals surface area contributed by atoms with Crippen molar-refractivity contribution in [1.82, 2.24) is 10.2 Å². The zero-order valence-electron chi connectivity index (χ0n) is 15.4. The van der Waals surface area contributed by atoms with Crippen LogP contribution in [-0.2, 0) is 11.0 Å². The van der Waals surface area contributed by atoms with Gasteiger partial charge in [-0.3, -0.25) is 4.79 Å². The van der Waals surface area contributed by atoms with E-state index in [1.165, 1.54) is 12.1 Å². The molecule has 2 fully saturated rings. The van der Waals surface area contributed by atoms with Crippen molar-refractivity contribution in [3.05, 3.63) is 35.4 Å². The van der Waals surface area contributed by atoms with Crippen molar-refractivity contribution in [2.45, 2.75) is 57.2 Å². The van der Waals surface area contributed by atoms with Crippen molar-refractivity contribution in [1.29, 1.82) is 0 Å².